The summed E-state index contributed by atoms with van der Waals surface area (Å²) >= 11 is 0. The summed E-state index contributed by atoms with van der Waals surface area (Å²) in [6.45, 7) is 2.27. The van der Waals surface area contributed by atoms with Gasteiger partial charge in [0, 0.05) is 5.97 Å². The molecule has 0 atom stereocenters. The van der Waals surface area contributed by atoms with Gasteiger partial charge in [0.05, 0.1) is 0 Å². The molecule has 0 unspecified atom stereocenters. The maximum absolute atomic E-state index is 10.2. The molecule has 0 amide bonds. The monoisotopic (exact) mass is 347 g/mol. The molecular weight excluding hydrogens is 314 g/mol. The van der Waals surface area contributed by atoms with Crippen LogP contribution in [-0.4, -0.2) is 5.97 Å². The normalized spacial score (nSPS) is 10.3. The molecule has 21 heavy (non-hydrogen) atoms. The quantitative estimate of drug-likeness (QED) is 0.291. The number of carboxylic acids is 1. The second-order valence-electron chi connectivity index (χ2n) is 6.07. The Morgan fingerprint density at radius 2 is 0.905 bits per heavy atom. The van der Waals surface area contributed by atoms with Gasteiger partial charge < -0.3 is 9.90 Å². The van der Waals surface area contributed by atoms with E-state index < -0.39 is 5.97 Å². The molecule has 0 spiro atoms. The van der Waals surface area contributed by atoms with Gasteiger partial charge in [0.2, 0.25) is 0 Å². The van der Waals surface area contributed by atoms with Gasteiger partial charge in [0.1, 0.15) is 0 Å². The molecule has 0 aromatic rings. The van der Waals surface area contributed by atoms with E-state index in [0.717, 1.165) is 12.8 Å². The van der Waals surface area contributed by atoms with Crippen LogP contribution in [0.25, 0.3) is 0 Å². The summed E-state index contributed by atoms with van der Waals surface area (Å²) < 4.78 is 0. The van der Waals surface area contributed by atoms with E-state index in [1.54, 1.807) is 0 Å². The Bertz CT molecular complexity index is 207. The Morgan fingerprint density at radius 1 is 0.619 bits per heavy atom. The van der Waals surface area contributed by atoms with Gasteiger partial charge in [-0.2, -0.15) is 0 Å². The Balaban J connectivity index is 0. The van der Waals surface area contributed by atoms with Gasteiger partial charge in [-0.05, 0) is 12.8 Å². The molecule has 0 aliphatic carbocycles. The number of carbonyl (C=O) groups excluding carboxylic acids is 1. The van der Waals surface area contributed by atoms with Gasteiger partial charge in [-0.15, -0.1) is 0 Å². The summed E-state index contributed by atoms with van der Waals surface area (Å²) in [6.07, 6.45) is 19.9. The Labute approximate surface area is 145 Å². The minimum atomic E-state index is -0.903. The van der Waals surface area contributed by atoms with Crippen molar-refractivity contribution in [1.29, 1.82) is 0 Å². The molecule has 0 saturated heterocycles. The predicted molar refractivity (Wildman–Crippen MR) is 84.6 cm³/mol. The van der Waals surface area contributed by atoms with E-state index in [-0.39, 0.29) is 25.9 Å². The number of carboxylic acid groups (broad SMARTS) is 1. The first-order valence-corrected chi connectivity index (χ1v) is 8.97. The van der Waals surface area contributed by atoms with Gasteiger partial charge in [-0.1, -0.05) is 96.8 Å². The van der Waals surface area contributed by atoms with E-state index in [9.17, 15) is 9.90 Å². The zero-order valence-electron chi connectivity index (χ0n) is 14.3. The molecule has 0 aromatic carbocycles. The summed E-state index contributed by atoms with van der Waals surface area (Å²) in [5.41, 5.74) is 0. The van der Waals surface area contributed by atoms with Crippen LogP contribution in [0.15, 0.2) is 0 Å². The minimum absolute atomic E-state index is 0. The van der Waals surface area contributed by atoms with Crippen LogP contribution in [0, 0.1) is 0 Å². The van der Waals surface area contributed by atoms with Crippen LogP contribution in [0.4, 0.5) is 0 Å². The van der Waals surface area contributed by atoms with E-state index in [2.05, 4.69) is 6.92 Å². The fraction of sp³-hybridized carbons (Fsp3) is 0.944. The Kier molecular flexibility index (Phi) is 22.4. The topological polar surface area (TPSA) is 40.1 Å². The first kappa shape index (κ1) is 23.4. The van der Waals surface area contributed by atoms with Crippen molar-refractivity contribution in [2.24, 2.45) is 0 Å². The minimum Gasteiger partial charge on any atom is -0.550 e. The molecule has 121 valence electrons. The maximum atomic E-state index is 10.2. The van der Waals surface area contributed by atoms with E-state index in [4.69, 9.17) is 0 Å². The third-order valence-electron chi connectivity index (χ3n) is 3.98. The van der Waals surface area contributed by atoms with Crippen molar-refractivity contribution in [1.82, 2.24) is 0 Å². The molecule has 3 heteroatoms. The standard InChI is InChI=1S/C18H36O2.Zn/c1-2-3-4-5-6-7-8-9-10-11-12-13-14-15-16-17-18(19)20;/h2-17H2,1H3,(H,19,20);/q;+1/p-1. The fourth-order valence-corrected chi connectivity index (χ4v) is 2.64. The van der Waals surface area contributed by atoms with E-state index in [1.165, 1.54) is 83.5 Å². The molecule has 0 rings (SSSR count). The molecule has 0 aliphatic heterocycles. The molecule has 0 N–H and O–H groups in total. The van der Waals surface area contributed by atoms with E-state index in [0.29, 0.717) is 0 Å². The van der Waals surface area contributed by atoms with Crippen LogP contribution >= 0.6 is 0 Å². The molecule has 0 heterocycles. The van der Waals surface area contributed by atoms with Crippen molar-refractivity contribution in [2.75, 3.05) is 0 Å². The first-order valence-electron chi connectivity index (χ1n) is 8.97. The largest absolute Gasteiger partial charge is 1.00 e. The van der Waals surface area contributed by atoms with Crippen LogP contribution in [0.1, 0.15) is 110 Å². The molecule has 0 aliphatic rings. The number of hydrogen-bond acceptors (Lipinski definition) is 2. The number of unbranched alkanes of at least 4 members (excludes halogenated alkanes) is 14. The van der Waals surface area contributed by atoms with Gasteiger partial charge >= 0.3 is 19.5 Å². The van der Waals surface area contributed by atoms with Crippen LogP contribution in [0.5, 0.6) is 0 Å². The maximum Gasteiger partial charge on any atom is 1.00 e. The number of rotatable bonds is 16. The smallest absolute Gasteiger partial charge is 0.550 e. The molecular formula is C18H35O2Zn. The first-order chi connectivity index (χ1) is 9.77. The second kappa shape index (κ2) is 20.1. The van der Waals surface area contributed by atoms with Crippen LogP contribution in [0.3, 0.4) is 0 Å². The zero-order chi connectivity index (χ0) is 14.9. The van der Waals surface area contributed by atoms with Crippen LogP contribution < -0.4 is 5.11 Å². The summed E-state index contributed by atoms with van der Waals surface area (Å²) in [7, 11) is 0. The van der Waals surface area contributed by atoms with Crippen molar-refractivity contribution >= 4 is 5.97 Å². The SMILES string of the molecule is CCCCCCCCCCCCCCCCCC(=O)[O-].[Zn+]. The molecule has 0 fully saturated rings. The van der Waals surface area contributed by atoms with Gasteiger partial charge in [0.25, 0.3) is 0 Å². The average Bonchev–Trinajstić information content (AvgIpc) is 2.43. The number of aliphatic carboxylic acids is 1. The number of carbonyl (C=O) groups is 1. The third-order valence-corrected chi connectivity index (χ3v) is 3.98. The third kappa shape index (κ3) is 22.5. The summed E-state index contributed by atoms with van der Waals surface area (Å²) in [5.74, 6) is -0.903. The second-order valence-corrected chi connectivity index (χ2v) is 6.07. The summed E-state index contributed by atoms with van der Waals surface area (Å²) in [5, 5.41) is 10.2. The van der Waals surface area contributed by atoms with Crippen LogP contribution in [0.2, 0.25) is 0 Å². The van der Waals surface area contributed by atoms with Crippen molar-refractivity contribution in [3.63, 3.8) is 0 Å². The Morgan fingerprint density at radius 3 is 1.19 bits per heavy atom. The van der Waals surface area contributed by atoms with Gasteiger partial charge in [0.15, 0.2) is 0 Å². The van der Waals surface area contributed by atoms with Crippen molar-refractivity contribution < 1.29 is 29.4 Å². The van der Waals surface area contributed by atoms with E-state index in [1.807, 2.05) is 0 Å². The molecule has 2 nitrogen and oxygen atoms in total. The predicted octanol–water partition coefficient (Wildman–Crippen LogP) is 5.00. The molecule has 1 radical (unpaired) electrons. The molecule has 0 bridgehead atoms. The fourth-order valence-electron chi connectivity index (χ4n) is 2.64. The molecule has 0 aromatic heterocycles. The van der Waals surface area contributed by atoms with Crippen molar-refractivity contribution in [3.8, 4) is 0 Å². The van der Waals surface area contributed by atoms with E-state index >= 15 is 0 Å². The molecule has 0 saturated carbocycles. The van der Waals surface area contributed by atoms with Crippen molar-refractivity contribution in [3.05, 3.63) is 0 Å². The zero-order valence-corrected chi connectivity index (χ0v) is 17.3. The van der Waals surface area contributed by atoms with Crippen molar-refractivity contribution in [2.45, 2.75) is 110 Å². The summed E-state index contributed by atoms with van der Waals surface area (Å²) in [6, 6.07) is 0. The average molecular weight is 349 g/mol. The number of hydrogen-bond donors (Lipinski definition) is 0. The summed E-state index contributed by atoms with van der Waals surface area (Å²) in [4.78, 5) is 10.2. The van der Waals surface area contributed by atoms with Crippen LogP contribution in [-0.2, 0) is 24.3 Å². The Hall–Kier alpha value is 0.0934. The van der Waals surface area contributed by atoms with Gasteiger partial charge in [-0.25, -0.2) is 0 Å². The van der Waals surface area contributed by atoms with Gasteiger partial charge in [-0.3, -0.25) is 0 Å².